The van der Waals surface area contributed by atoms with Crippen LogP contribution >= 0.6 is 0 Å². The minimum atomic E-state index is -0.285. The molecular formula is C12H15N5O2. The van der Waals surface area contributed by atoms with Crippen LogP contribution in [0.5, 0.6) is 0 Å². The highest BCUT2D eigenvalue weighted by atomic mass is 16.3. The molecule has 3 rings (SSSR count). The van der Waals surface area contributed by atoms with Crippen molar-refractivity contribution in [1.29, 1.82) is 0 Å². The highest BCUT2D eigenvalue weighted by molar-refractivity contribution is 5.95. The molecule has 1 saturated carbocycles. The number of rotatable bonds is 3. The number of amides is 1. The third-order valence-electron chi connectivity index (χ3n) is 3.43. The molecule has 0 aromatic carbocycles. The predicted molar refractivity (Wildman–Crippen MR) is 66.7 cm³/mol. The Morgan fingerprint density at radius 3 is 3.00 bits per heavy atom. The van der Waals surface area contributed by atoms with Crippen molar-refractivity contribution in [1.82, 2.24) is 24.9 Å². The number of nitrogens with zero attached hydrogens (tertiary/aromatic N) is 4. The summed E-state index contributed by atoms with van der Waals surface area (Å²) in [4.78, 5) is 20.3. The Morgan fingerprint density at radius 1 is 1.53 bits per heavy atom. The van der Waals surface area contributed by atoms with Gasteiger partial charge in [-0.2, -0.15) is 10.1 Å². The number of aliphatic hydroxyl groups is 1. The van der Waals surface area contributed by atoms with Crippen LogP contribution in [0.25, 0.3) is 5.78 Å². The minimum absolute atomic E-state index is 0.0543. The van der Waals surface area contributed by atoms with Gasteiger partial charge in [0.1, 0.15) is 6.33 Å². The first-order valence-corrected chi connectivity index (χ1v) is 6.35. The molecule has 0 unspecified atom stereocenters. The zero-order valence-corrected chi connectivity index (χ0v) is 10.6. The standard InChI is InChI=1S/C12H15N5O2/c1-2-10-9(5-13-12-14-6-15-17(10)12)11(19)16-7-3-8(18)4-7/h5-8,18H,2-4H2,1H3,(H,16,19). The fourth-order valence-corrected chi connectivity index (χ4v) is 2.32. The first-order chi connectivity index (χ1) is 9.19. The molecule has 0 aliphatic heterocycles. The van der Waals surface area contributed by atoms with Gasteiger partial charge < -0.3 is 10.4 Å². The Morgan fingerprint density at radius 2 is 2.32 bits per heavy atom. The van der Waals surface area contributed by atoms with Crippen LogP contribution in [-0.4, -0.2) is 42.7 Å². The molecule has 1 aliphatic rings. The summed E-state index contributed by atoms with van der Waals surface area (Å²) in [6, 6.07) is 0.0543. The summed E-state index contributed by atoms with van der Waals surface area (Å²) in [5.74, 6) is 0.325. The molecule has 0 bridgehead atoms. The highest BCUT2D eigenvalue weighted by Crippen LogP contribution is 2.20. The van der Waals surface area contributed by atoms with E-state index in [9.17, 15) is 9.90 Å². The third-order valence-corrected chi connectivity index (χ3v) is 3.43. The lowest BCUT2D eigenvalue weighted by Gasteiger charge is -2.32. The lowest BCUT2D eigenvalue weighted by molar-refractivity contribution is 0.0562. The summed E-state index contributed by atoms with van der Waals surface area (Å²) in [7, 11) is 0. The van der Waals surface area contributed by atoms with Crippen molar-refractivity contribution in [3.05, 3.63) is 23.8 Å². The zero-order valence-electron chi connectivity index (χ0n) is 10.6. The van der Waals surface area contributed by atoms with Gasteiger partial charge in [-0.3, -0.25) is 4.79 Å². The smallest absolute Gasteiger partial charge is 0.254 e. The number of carbonyl (C=O) groups is 1. The molecule has 7 nitrogen and oxygen atoms in total. The molecule has 0 saturated heterocycles. The molecule has 1 fully saturated rings. The Labute approximate surface area is 109 Å². The molecule has 0 radical (unpaired) electrons. The van der Waals surface area contributed by atoms with Gasteiger partial charge in [0.2, 0.25) is 0 Å². The average molecular weight is 261 g/mol. The van der Waals surface area contributed by atoms with E-state index in [-0.39, 0.29) is 18.1 Å². The number of nitrogens with one attached hydrogen (secondary N) is 1. The second-order valence-electron chi connectivity index (χ2n) is 4.74. The fourth-order valence-electron chi connectivity index (χ4n) is 2.32. The van der Waals surface area contributed by atoms with Gasteiger partial charge in [0.05, 0.1) is 17.4 Å². The van der Waals surface area contributed by atoms with E-state index in [4.69, 9.17) is 0 Å². The van der Waals surface area contributed by atoms with Gasteiger partial charge in [0.15, 0.2) is 0 Å². The van der Waals surface area contributed by atoms with E-state index in [1.807, 2.05) is 6.92 Å². The predicted octanol–water partition coefficient (Wildman–Crippen LogP) is -0.0602. The first-order valence-electron chi connectivity index (χ1n) is 6.35. The van der Waals surface area contributed by atoms with Gasteiger partial charge in [0, 0.05) is 12.2 Å². The van der Waals surface area contributed by atoms with E-state index in [0.717, 1.165) is 5.69 Å². The van der Waals surface area contributed by atoms with E-state index in [2.05, 4.69) is 20.4 Å². The lowest BCUT2D eigenvalue weighted by atomic mass is 9.89. The number of hydrogen-bond acceptors (Lipinski definition) is 5. The van der Waals surface area contributed by atoms with Crippen LogP contribution in [0.15, 0.2) is 12.5 Å². The summed E-state index contributed by atoms with van der Waals surface area (Å²) >= 11 is 0. The van der Waals surface area contributed by atoms with Gasteiger partial charge >= 0.3 is 0 Å². The Balaban J connectivity index is 1.88. The van der Waals surface area contributed by atoms with Gasteiger partial charge in [-0.1, -0.05) is 6.92 Å². The largest absolute Gasteiger partial charge is 0.393 e. The Hall–Kier alpha value is -2.02. The molecule has 100 valence electrons. The van der Waals surface area contributed by atoms with E-state index in [1.165, 1.54) is 12.5 Å². The summed E-state index contributed by atoms with van der Waals surface area (Å²) < 4.78 is 1.59. The average Bonchev–Trinajstić information content (AvgIpc) is 2.83. The summed E-state index contributed by atoms with van der Waals surface area (Å²) in [6.45, 7) is 1.96. The molecule has 1 aliphatic carbocycles. The second-order valence-corrected chi connectivity index (χ2v) is 4.74. The SMILES string of the molecule is CCc1c(C(=O)NC2CC(O)C2)cnc2ncnn12. The van der Waals surface area contributed by atoms with E-state index in [1.54, 1.807) is 4.52 Å². The minimum Gasteiger partial charge on any atom is -0.393 e. The van der Waals surface area contributed by atoms with Crippen molar-refractivity contribution in [3.63, 3.8) is 0 Å². The van der Waals surface area contributed by atoms with Crippen LogP contribution in [0.1, 0.15) is 35.8 Å². The maximum Gasteiger partial charge on any atom is 0.254 e. The Bertz CT molecular complexity index is 618. The normalized spacial score (nSPS) is 22.2. The summed E-state index contributed by atoms with van der Waals surface area (Å²) in [6.07, 6.45) is 4.57. The van der Waals surface area contributed by atoms with Crippen LogP contribution < -0.4 is 5.32 Å². The first kappa shape index (κ1) is 12.0. The third kappa shape index (κ3) is 2.06. The molecule has 19 heavy (non-hydrogen) atoms. The second kappa shape index (κ2) is 4.58. The van der Waals surface area contributed by atoms with Gasteiger partial charge in [0.25, 0.3) is 11.7 Å². The molecule has 1 amide bonds. The highest BCUT2D eigenvalue weighted by Gasteiger charge is 2.29. The Kier molecular flexibility index (Phi) is 2.90. The molecular weight excluding hydrogens is 246 g/mol. The molecule has 2 N–H and O–H groups in total. The molecule has 2 aromatic rings. The zero-order chi connectivity index (χ0) is 13.4. The maximum atomic E-state index is 12.2. The number of aryl methyl sites for hydroxylation is 1. The van der Waals surface area contributed by atoms with Gasteiger partial charge in [-0.15, -0.1) is 0 Å². The summed E-state index contributed by atoms with van der Waals surface area (Å²) in [5.41, 5.74) is 1.31. The van der Waals surface area contributed by atoms with E-state index in [0.29, 0.717) is 30.6 Å². The van der Waals surface area contributed by atoms with Crippen molar-refractivity contribution in [2.75, 3.05) is 0 Å². The number of aliphatic hydroxyl groups excluding tert-OH is 1. The molecule has 0 atom stereocenters. The number of aromatic nitrogens is 4. The topological polar surface area (TPSA) is 92.4 Å². The number of hydrogen-bond donors (Lipinski definition) is 2. The fraction of sp³-hybridized carbons (Fsp3) is 0.500. The van der Waals surface area contributed by atoms with Gasteiger partial charge in [-0.05, 0) is 19.3 Å². The van der Waals surface area contributed by atoms with Crippen molar-refractivity contribution in [3.8, 4) is 0 Å². The number of carbonyl (C=O) groups excluding carboxylic acids is 1. The van der Waals surface area contributed by atoms with Crippen molar-refractivity contribution >= 4 is 11.7 Å². The molecule has 0 spiro atoms. The maximum absolute atomic E-state index is 12.2. The van der Waals surface area contributed by atoms with Gasteiger partial charge in [-0.25, -0.2) is 9.50 Å². The van der Waals surface area contributed by atoms with E-state index >= 15 is 0 Å². The molecule has 7 heteroatoms. The quantitative estimate of drug-likeness (QED) is 0.807. The number of fused-ring (bicyclic) bond motifs is 1. The van der Waals surface area contributed by atoms with Crippen LogP contribution in [-0.2, 0) is 6.42 Å². The van der Waals surface area contributed by atoms with Crippen LogP contribution in [0.2, 0.25) is 0 Å². The van der Waals surface area contributed by atoms with E-state index < -0.39 is 0 Å². The van der Waals surface area contributed by atoms with Crippen molar-refractivity contribution < 1.29 is 9.90 Å². The van der Waals surface area contributed by atoms with Crippen molar-refractivity contribution in [2.45, 2.75) is 38.3 Å². The monoisotopic (exact) mass is 261 g/mol. The summed E-state index contributed by atoms with van der Waals surface area (Å²) in [5, 5.41) is 16.2. The molecule has 2 aromatic heterocycles. The molecule has 2 heterocycles. The van der Waals surface area contributed by atoms with Crippen molar-refractivity contribution in [2.24, 2.45) is 0 Å². The lowest BCUT2D eigenvalue weighted by Crippen LogP contribution is -2.47. The van der Waals surface area contributed by atoms with Crippen LogP contribution in [0, 0.1) is 0 Å². The van der Waals surface area contributed by atoms with Crippen LogP contribution in [0.4, 0.5) is 0 Å². The van der Waals surface area contributed by atoms with Crippen LogP contribution in [0.3, 0.4) is 0 Å².